The van der Waals surface area contributed by atoms with Gasteiger partial charge in [0.25, 0.3) is 11.8 Å². The standard InChI is InChI=1S/C15H14N6O4S/c1-23-9-5-11(16-8-6-24-7-8)18-19-12(9)13(22)17-15-21-20-14(25-15)10-3-2-4-26-10/h2-5,8H,6-7H2,1H3,(H,16,18)(H,17,21,22). The van der Waals surface area contributed by atoms with Gasteiger partial charge in [-0.3, -0.25) is 10.1 Å². The van der Waals surface area contributed by atoms with E-state index in [1.807, 2.05) is 17.5 Å². The molecule has 1 fully saturated rings. The van der Waals surface area contributed by atoms with Crippen LogP contribution >= 0.6 is 11.3 Å². The van der Waals surface area contributed by atoms with Crippen molar-refractivity contribution >= 4 is 29.1 Å². The highest BCUT2D eigenvalue weighted by Gasteiger charge is 2.22. The van der Waals surface area contributed by atoms with E-state index in [-0.39, 0.29) is 23.5 Å². The highest BCUT2D eigenvalue weighted by molar-refractivity contribution is 7.13. The summed E-state index contributed by atoms with van der Waals surface area (Å²) in [6.07, 6.45) is 0. The van der Waals surface area contributed by atoms with Crippen LogP contribution in [0, 0.1) is 0 Å². The minimum Gasteiger partial charge on any atom is -0.494 e. The number of nitrogens with one attached hydrogen (secondary N) is 2. The fraction of sp³-hybridized carbons (Fsp3) is 0.267. The van der Waals surface area contributed by atoms with Crippen molar-refractivity contribution in [3.63, 3.8) is 0 Å². The Labute approximate surface area is 151 Å². The number of aromatic nitrogens is 4. The van der Waals surface area contributed by atoms with E-state index in [0.717, 1.165) is 4.88 Å². The van der Waals surface area contributed by atoms with Crippen molar-refractivity contribution in [1.82, 2.24) is 20.4 Å². The maximum Gasteiger partial charge on any atom is 0.322 e. The first kappa shape index (κ1) is 16.4. The molecule has 0 aromatic carbocycles. The Balaban J connectivity index is 1.48. The predicted molar refractivity (Wildman–Crippen MR) is 92.4 cm³/mol. The number of carbonyl (C=O) groups excluding carboxylic acids is 1. The SMILES string of the molecule is COc1cc(NC2COC2)nnc1C(=O)Nc1nnc(-c2cccs2)o1. The van der Waals surface area contributed by atoms with Gasteiger partial charge < -0.3 is 19.2 Å². The third kappa shape index (κ3) is 3.34. The fourth-order valence-corrected chi connectivity index (χ4v) is 2.86. The molecule has 134 valence electrons. The molecule has 4 heterocycles. The van der Waals surface area contributed by atoms with E-state index in [2.05, 4.69) is 31.0 Å². The number of thiophene rings is 1. The summed E-state index contributed by atoms with van der Waals surface area (Å²) in [5.74, 6) is 0.549. The van der Waals surface area contributed by atoms with Gasteiger partial charge in [0.1, 0.15) is 0 Å². The van der Waals surface area contributed by atoms with Gasteiger partial charge in [-0.2, -0.15) is 0 Å². The summed E-state index contributed by atoms with van der Waals surface area (Å²) in [5, 5.41) is 23.2. The molecule has 0 radical (unpaired) electrons. The number of nitrogens with zero attached hydrogens (tertiary/aromatic N) is 4. The second-order valence-electron chi connectivity index (χ2n) is 5.37. The van der Waals surface area contributed by atoms with Crippen LogP contribution < -0.4 is 15.4 Å². The van der Waals surface area contributed by atoms with Crippen molar-refractivity contribution in [3.8, 4) is 16.5 Å². The van der Waals surface area contributed by atoms with Gasteiger partial charge in [0.2, 0.25) is 0 Å². The van der Waals surface area contributed by atoms with Crippen LogP contribution in [0.3, 0.4) is 0 Å². The lowest BCUT2D eigenvalue weighted by molar-refractivity contribution is 0.0209. The van der Waals surface area contributed by atoms with Crippen LogP contribution in [0.4, 0.5) is 11.8 Å². The van der Waals surface area contributed by atoms with Crippen LogP contribution in [-0.2, 0) is 4.74 Å². The van der Waals surface area contributed by atoms with Crippen molar-refractivity contribution in [2.45, 2.75) is 6.04 Å². The number of amides is 1. The Hall–Kier alpha value is -3.05. The molecule has 26 heavy (non-hydrogen) atoms. The average Bonchev–Trinajstić information content (AvgIpc) is 3.29. The number of hydrogen-bond donors (Lipinski definition) is 2. The first-order chi connectivity index (χ1) is 12.7. The molecule has 1 amide bonds. The summed E-state index contributed by atoms with van der Waals surface area (Å²) in [5.41, 5.74) is 0.0128. The zero-order valence-corrected chi connectivity index (χ0v) is 14.4. The number of hydrogen-bond acceptors (Lipinski definition) is 10. The lowest BCUT2D eigenvalue weighted by atomic mass is 10.2. The molecule has 11 heteroatoms. The van der Waals surface area contributed by atoms with Crippen LogP contribution in [0.2, 0.25) is 0 Å². The second kappa shape index (κ2) is 7.06. The summed E-state index contributed by atoms with van der Waals surface area (Å²) >= 11 is 1.46. The molecule has 0 unspecified atom stereocenters. The Kier molecular flexibility index (Phi) is 4.46. The topological polar surface area (TPSA) is 124 Å². The van der Waals surface area contributed by atoms with Crippen LogP contribution in [0.5, 0.6) is 5.75 Å². The monoisotopic (exact) mass is 374 g/mol. The Bertz CT molecular complexity index is 909. The van der Waals surface area contributed by atoms with Gasteiger partial charge in [-0.15, -0.1) is 26.6 Å². The number of carbonyl (C=O) groups is 1. The summed E-state index contributed by atoms with van der Waals surface area (Å²) < 4.78 is 15.8. The second-order valence-corrected chi connectivity index (χ2v) is 6.32. The zero-order valence-electron chi connectivity index (χ0n) is 13.6. The summed E-state index contributed by atoms with van der Waals surface area (Å²) in [4.78, 5) is 13.2. The summed E-state index contributed by atoms with van der Waals surface area (Å²) in [7, 11) is 1.45. The van der Waals surface area contributed by atoms with Crippen LogP contribution in [0.1, 0.15) is 10.5 Å². The van der Waals surface area contributed by atoms with Gasteiger partial charge in [0.05, 0.1) is 31.2 Å². The van der Waals surface area contributed by atoms with Crippen molar-refractivity contribution in [2.75, 3.05) is 31.0 Å². The Morgan fingerprint density at radius 2 is 2.19 bits per heavy atom. The summed E-state index contributed by atoms with van der Waals surface area (Å²) in [6, 6.07) is 5.47. The van der Waals surface area contributed by atoms with Gasteiger partial charge in [-0.25, -0.2) is 0 Å². The van der Waals surface area contributed by atoms with E-state index < -0.39 is 5.91 Å². The normalized spacial score (nSPS) is 13.9. The molecule has 3 aromatic heterocycles. The molecule has 3 aromatic rings. The Morgan fingerprint density at radius 1 is 1.31 bits per heavy atom. The molecule has 10 nitrogen and oxygen atoms in total. The highest BCUT2D eigenvalue weighted by Crippen LogP contribution is 2.25. The Morgan fingerprint density at radius 3 is 2.88 bits per heavy atom. The van der Waals surface area contributed by atoms with E-state index in [0.29, 0.717) is 24.9 Å². The largest absolute Gasteiger partial charge is 0.494 e. The van der Waals surface area contributed by atoms with Crippen molar-refractivity contribution in [1.29, 1.82) is 0 Å². The third-order valence-corrected chi connectivity index (χ3v) is 4.42. The smallest absolute Gasteiger partial charge is 0.322 e. The molecule has 1 aliphatic heterocycles. The van der Waals surface area contributed by atoms with Crippen molar-refractivity contribution in [3.05, 3.63) is 29.3 Å². The van der Waals surface area contributed by atoms with Crippen molar-refractivity contribution in [2.24, 2.45) is 0 Å². The fourth-order valence-electron chi connectivity index (χ4n) is 2.22. The van der Waals surface area contributed by atoms with E-state index in [1.165, 1.54) is 18.4 Å². The predicted octanol–water partition coefficient (Wildman–Crippen LogP) is 1.66. The molecule has 0 bridgehead atoms. The van der Waals surface area contributed by atoms with Crippen LogP contribution in [0.25, 0.3) is 10.8 Å². The third-order valence-electron chi connectivity index (χ3n) is 3.56. The first-order valence-electron chi connectivity index (χ1n) is 7.67. The maximum absolute atomic E-state index is 12.4. The average molecular weight is 374 g/mol. The first-order valence-corrected chi connectivity index (χ1v) is 8.55. The van der Waals surface area contributed by atoms with Gasteiger partial charge in [0, 0.05) is 6.07 Å². The number of rotatable bonds is 6. The van der Waals surface area contributed by atoms with Gasteiger partial charge in [-0.05, 0) is 11.4 Å². The van der Waals surface area contributed by atoms with Gasteiger partial charge in [-0.1, -0.05) is 11.2 Å². The number of anilines is 2. The lowest BCUT2D eigenvalue weighted by Gasteiger charge is -2.27. The lowest BCUT2D eigenvalue weighted by Crippen LogP contribution is -2.40. The van der Waals surface area contributed by atoms with E-state index in [1.54, 1.807) is 6.07 Å². The number of ether oxygens (including phenoxy) is 2. The molecule has 0 atom stereocenters. The minimum atomic E-state index is -0.561. The maximum atomic E-state index is 12.4. The molecular formula is C15H14N6O4S. The van der Waals surface area contributed by atoms with Gasteiger partial charge >= 0.3 is 6.01 Å². The van der Waals surface area contributed by atoms with E-state index in [4.69, 9.17) is 13.9 Å². The van der Waals surface area contributed by atoms with Crippen LogP contribution in [-0.4, -0.2) is 52.7 Å². The van der Waals surface area contributed by atoms with Crippen molar-refractivity contribution < 1.29 is 18.7 Å². The van der Waals surface area contributed by atoms with Crippen LogP contribution in [0.15, 0.2) is 28.0 Å². The summed E-state index contributed by atoms with van der Waals surface area (Å²) in [6.45, 7) is 1.21. The molecule has 0 aliphatic carbocycles. The molecular weight excluding hydrogens is 360 g/mol. The molecule has 0 saturated carbocycles. The molecule has 0 spiro atoms. The highest BCUT2D eigenvalue weighted by atomic mass is 32.1. The molecule has 1 saturated heterocycles. The quantitative estimate of drug-likeness (QED) is 0.662. The molecule has 4 rings (SSSR count). The van der Waals surface area contributed by atoms with E-state index in [9.17, 15) is 4.79 Å². The van der Waals surface area contributed by atoms with E-state index >= 15 is 0 Å². The number of methoxy groups -OCH3 is 1. The molecule has 1 aliphatic rings. The van der Waals surface area contributed by atoms with Gasteiger partial charge in [0.15, 0.2) is 17.3 Å². The molecule has 2 N–H and O–H groups in total. The zero-order chi connectivity index (χ0) is 17.9. The minimum absolute atomic E-state index is 0.0128.